The van der Waals surface area contributed by atoms with Gasteiger partial charge in [-0.15, -0.1) is 0 Å². The maximum absolute atomic E-state index is 13.5. The second-order valence-corrected chi connectivity index (χ2v) is 7.12. The average Bonchev–Trinajstić information content (AvgIpc) is 3.26. The average molecular weight is 363 g/mol. The first-order valence-corrected chi connectivity index (χ1v) is 9.69. The van der Waals surface area contributed by atoms with Crippen LogP contribution >= 0.6 is 0 Å². The van der Waals surface area contributed by atoms with Gasteiger partial charge in [-0.3, -0.25) is 4.99 Å². The lowest BCUT2D eigenvalue weighted by atomic mass is 9.96. The molecule has 3 rings (SSSR count). The minimum absolute atomic E-state index is 0.00996. The monoisotopic (exact) mass is 363 g/mol. The summed E-state index contributed by atoms with van der Waals surface area (Å²) in [6.07, 6.45) is 4.32. The molecule has 1 saturated heterocycles. The van der Waals surface area contributed by atoms with Gasteiger partial charge < -0.3 is 20.1 Å². The van der Waals surface area contributed by atoms with E-state index >= 15 is 0 Å². The van der Waals surface area contributed by atoms with E-state index < -0.39 is 0 Å². The highest BCUT2D eigenvalue weighted by Crippen LogP contribution is 2.48. The number of hydrogen-bond donors (Lipinski definition) is 2. The lowest BCUT2D eigenvalue weighted by Crippen LogP contribution is -2.38. The summed E-state index contributed by atoms with van der Waals surface area (Å²) in [5.41, 5.74) is 1.07. The van der Waals surface area contributed by atoms with Gasteiger partial charge in [0.2, 0.25) is 0 Å². The second kappa shape index (κ2) is 9.33. The van der Waals surface area contributed by atoms with Crippen LogP contribution in [0.3, 0.4) is 0 Å². The molecule has 144 valence electrons. The van der Waals surface area contributed by atoms with Crippen molar-refractivity contribution >= 4 is 5.96 Å². The van der Waals surface area contributed by atoms with Crippen molar-refractivity contribution in [3.05, 3.63) is 35.6 Å². The van der Waals surface area contributed by atoms with E-state index in [1.807, 2.05) is 6.07 Å². The molecular weight excluding hydrogens is 333 g/mol. The van der Waals surface area contributed by atoms with E-state index in [1.165, 1.54) is 6.07 Å². The Morgan fingerprint density at radius 2 is 2.27 bits per heavy atom. The smallest absolute Gasteiger partial charge is 0.191 e. The molecule has 0 aromatic heterocycles. The molecule has 0 radical (unpaired) electrons. The highest BCUT2D eigenvalue weighted by atomic mass is 19.1. The van der Waals surface area contributed by atoms with Crippen molar-refractivity contribution in [2.75, 3.05) is 39.5 Å². The summed E-state index contributed by atoms with van der Waals surface area (Å²) in [5.74, 6) is 0.648. The van der Waals surface area contributed by atoms with Gasteiger partial charge in [-0.1, -0.05) is 12.1 Å². The molecule has 1 unspecified atom stereocenters. The van der Waals surface area contributed by atoms with Crippen molar-refractivity contribution in [2.24, 2.45) is 4.99 Å². The van der Waals surface area contributed by atoms with E-state index in [1.54, 1.807) is 12.1 Å². The number of aliphatic imine (C=N–C) groups is 1. The number of nitrogens with zero attached hydrogens (tertiary/aromatic N) is 1. The van der Waals surface area contributed by atoms with Gasteiger partial charge in [0.15, 0.2) is 5.96 Å². The summed E-state index contributed by atoms with van der Waals surface area (Å²) in [5, 5.41) is 6.64. The fraction of sp³-hybridized carbons (Fsp3) is 0.650. The molecule has 6 heteroatoms. The molecule has 1 heterocycles. The third-order valence-corrected chi connectivity index (χ3v) is 5.03. The van der Waals surface area contributed by atoms with Crippen LogP contribution in [0.25, 0.3) is 0 Å². The van der Waals surface area contributed by atoms with Crippen LogP contribution in [-0.4, -0.2) is 51.5 Å². The van der Waals surface area contributed by atoms with Gasteiger partial charge in [-0.05, 0) is 50.3 Å². The molecule has 2 aliphatic rings. The standard InChI is InChI=1S/C20H30FN3O2/c1-2-22-19(23-10-4-11-26-18-7-12-25-14-18)24-15-20(8-9-20)16-5-3-6-17(21)13-16/h3,5-6,13,18H,2,4,7-12,14-15H2,1H3,(H2,22,23,24). The van der Waals surface area contributed by atoms with Gasteiger partial charge in [0, 0.05) is 31.7 Å². The summed E-state index contributed by atoms with van der Waals surface area (Å²) in [7, 11) is 0. The maximum atomic E-state index is 13.5. The van der Waals surface area contributed by atoms with Gasteiger partial charge in [0.05, 0.1) is 19.3 Å². The Kier molecular flexibility index (Phi) is 6.86. The van der Waals surface area contributed by atoms with Gasteiger partial charge in [0.1, 0.15) is 5.82 Å². The summed E-state index contributed by atoms with van der Waals surface area (Å²) >= 11 is 0. The van der Waals surface area contributed by atoms with Crippen LogP contribution in [0.2, 0.25) is 0 Å². The number of ether oxygens (including phenoxy) is 2. The number of benzene rings is 1. The highest BCUT2D eigenvalue weighted by molar-refractivity contribution is 5.79. The third kappa shape index (κ3) is 5.42. The third-order valence-electron chi connectivity index (χ3n) is 5.03. The molecule has 5 nitrogen and oxygen atoms in total. The predicted molar refractivity (Wildman–Crippen MR) is 101 cm³/mol. The first kappa shape index (κ1) is 19.1. The van der Waals surface area contributed by atoms with E-state index in [0.29, 0.717) is 6.54 Å². The van der Waals surface area contributed by atoms with Crippen molar-refractivity contribution in [1.29, 1.82) is 0 Å². The van der Waals surface area contributed by atoms with Crippen LogP contribution in [0.1, 0.15) is 38.2 Å². The van der Waals surface area contributed by atoms with E-state index in [4.69, 9.17) is 14.5 Å². The maximum Gasteiger partial charge on any atom is 0.191 e. The predicted octanol–water partition coefficient (Wildman–Crippen LogP) is 2.61. The second-order valence-electron chi connectivity index (χ2n) is 7.12. The Morgan fingerprint density at radius 3 is 2.96 bits per heavy atom. The Labute approximate surface area is 155 Å². The van der Waals surface area contributed by atoms with Crippen LogP contribution < -0.4 is 10.6 Å². The van der Waals surface area contributed by atoms with Crippen molar-refractivity contribution in [3.63, 3.8) is 0 Å². The summed E-state index contributed by atoms with van der Waals surface area (Å²) in [6, 6.07) is 6.94. The van der Waals surface area contributed by atoms with Gasteiger partial charge in [-0.2, -0.15) is 0 Å². The zero-order valence-corrected chi connectivity index (χ0v) is 15.6. The van der Waals surface area contributed by atoms with Crippen molar-refractivity contribution in [3.8, 4) is 0 Å². The number of guanidine groups is 1. The molecule has 2 N–H and O–H groups in total. The summed E-state index contributed by atoms with van der Waals surface area (Å²) in [6.45, 7) is 6.63. The number of halogens is 1. The topological polar surface area (TPSA) is 54.9 Å². The zero-order valence-electron chi connectivity index (χ0n) is 15.6. The molecule has 1 aliphatic carbocycles. The lowest BCUT2D eigenvalue weighted by molar-refractivity contribution is 0.0420. The van der Waals surface area contributed by atoms with Gasteiger partial charge in [-0.25, -0.2) is 4.39 Å². The van der Waals surface area contributed by atoms with E-state index in [9.17, 15) is 4.39 Å². The quantitative estimate of drug-likeness (QED) is 0.402. The Hall–Kier alpha value is -1.66. The molecule has 0 spiro atoms. The molecule has 1 saturated carbocycles. The van der Waals surface area contributed by atoms with Gasteiger partial charge in [0.25, 0.3) is 0 Å². The first-order valence-electron chi connectivity index (χ1n) is 9.69. The molecule has 0 bridgehead atoms. The van der Waals surface area contributed by atoms with E-state index in [0.717, 1.165) is 70.1 Å². The van der Waals surface area contributed by atoms with Crippen LogP contribution in [-0.2, 0) is 14.9 Å². The first-order chi connectivity index (χ1) is 12.7. The Bertz CT molecular complexity index is 598. The zero-order chi connectivity index (χ0) is 18.2. The number of rotatable bonds is 9. The SMILES string of the molecule is CCNC(=NCC1(c2cccc(F)c2)CC1)NCCCOC1CCOC1. The van der Waals surface area contributed by atoms with Crippen molar-refractivity contribution in [2.45, 2.75) is 44.1 Å². The fourth-order valence-electron chi connectivity index (χ4n) is 3.25. The van der Waals surface area contributed by atoms with Crippen molar-refractivity contribution in [1.82, 2.24) is 10.6 Å². The Balaban J connectivity index is 1.44. The fourth-order valence-corrected chi connectivity index (χ4v) is 3.25. The van der Waals surface area contributed by atoms with Crippen LogP contribution in [0.4, 0.5) is 4.39 Å². The molecule has 2 fully saturated rings. The van der Waals surface area contributed by atoms with E-state index in [2.05, 4.69) is 17.6 Å². The molecule has 0 amide bonds. The van der Waals surface area contributed by atoms with Crippen LogP contribution in [0, 0.1) is 5.82 Å². The van der Waals surface area contributed by atoms with E-state index in [-0.39, 0.29) is 17.3 Å². The largest absolute Gasteiger partial charge is 0.379 e. The molecule has 26 heavy (non-hydrogen) atoms. The Morgan fingerprint density at radius 1 is 1.38 bits per heavy atom. The van der Waals surface area contributed by atoms with Crippen LogP contribution in [0.15, 0.2) is 29.3 Å². The summed E-state index contributed by atoms with van der Waals surface area (Å²) < 4.78 is 24.6. The van der Waals surface area contributed by atoms with Gasteiger partial charge >= 0.3 is 0 Å². The molecule has 1 atom stereocenters. The molecule has 1 aliphatic heterocycles. The number of nitrogens with one attached hydrogen (secondary N) is 2. The normalized spacial score (nSPS) is 21.6. The molecule has 1 aromatic rings. The molecule has 1 aromatic carbocycles. The minimum Gasteiger partial charge on any atom is -0.379 e. The lowest BCUT2D eigenvalue weighted by Gasteiger charge is -2.16. The highest BCUT2D eigenvalue weighted by Gasteiger charge is 2.44. The summed E-state index contributed by atoms with van der Waals surface area (Å²) in [4.78, 5) is 4.74. The number of hydrogen-bond acceptors (Lipinski definition) is 3. The minimum atomic E-state index is -0.171. The van der Waals surface area contributed by atoms with Crippen LogP contribution in [0.5, 0.6) is 0 Å². The molecular formula is C20H30FN3O2. The van der Waals surface area contributed by atoms with Crippen molar-refractivity contribution < 1.29 is 13.9 Å².